The highest BCUT2D eigenvalue weighted by Gasteiger charge is 2.30. The van der Waals surface area contributed by atoms with Crippen molar-refractivity contribution in [2.75, 3.05) is 0 Å². The van der Waals surface area contributed by atoms with Crippen molar-refractivity contribution < 1.29 is 0 Å². The summed E-state index contributed by atoms with van der Waals surface area (Å²) in [5, 5.41) is 0. The topological polar surface area (TPSA) is 0 Å². The summed E-state index contributed by atoms with van der Waals surface area (Å²) in [4.78, 5) is 0. The minimum atomic E-state index is -0.0812. The third-order valence-electron chi connectivity index (χ3n) is 8.65. The molecule has 0 heterocycles. The Morgan fingerprint density at radius 3 is 0.818 bits per heavy atom. The first-order chi connectivity index (χ1) is 21.3. The normalized spacial score (nSPS) is 11.6. The van der Waals surface area contributed by atoms with E-state index >= 15 is 0 Å². The largest absolute Gasteiger partial charge is 0.0627 e. The molecule has 0 nitrogen and oxygen atoms in total. The first-order valence-electron chi connectivity index (χ1n) is 15.2. The Bertz CT molecular complexity index is 1680. The van der Waals surface area contributed by atoms with Crippen LogP contribution in [0.15, 0.2) is 155 Å². The van der Waals surface area contributed by atoms with E-state index in [9.17, 15) is 0 Å². The Morgan fingerprint density at radius 1 is 0.386 bits per heavy atom. The van der Waals surface area contributed by atoms with Gasteiger partial charge in [0.05, 0.1) is 0 Å². The quantitative estimate of drug-likeness (QED) is 0.148. The minimum absolute atomic E-state index is 0.0812. The minimum Gasteiger partial charge on any atom is -0.0627 e. The molecule has 0 aliphatic rings. The lowest BCUT2D eigenvalue weighted by molar-refractivity contribution is 0.427. The summed E-state index contributed by atoms with van der Waals surface area (Å²) < 4.78 is 2.20. The summed E-state index contributed by atoms with van der Waals surface area (Å²) in [7, 11) is 0. The second-order valence-corrected chi connectivity index (χ2v) is 14.1. The maximum Gasteiger partial charge on any atom is 0.0177 e. The van der Waals surface area contributed by atoms with Crippen molar-refractivity contribution in [1.82, 2.24) is 0 Å². The van der Waals surface area contributed by atoms with Crippen LogP contribution in [0, 0.1) is 5.92 Å². The van der Waals surface area contributed by atoms with Crippen molar-refractivity contribution in [1.29, 1.82) is 0 Å². The summed E-state index contributed by atoms with van der Waals surface area (Å²) in [6, 6.07) is 53.2. The number of hydrogen-bond donors (Lipinski definition) is 0. The van der Waals surface area contributed by atoms with Crippen molar-refractivity contribution in [3.8, 4) is 44.5 Å². The van der Waals surface area contributed by atoms with Gasteiger partial charge < -0.3 is 0 Å². The molecule has 6 aromatic carbocycles. The Balaban J connectivity index is 1.23. The van der Waals surface area contributed by atoms with E-state index in [0.717, 1.165) is 15.4 Å². The molecular formula is C42H36Br2. The fourth-order valence-electron chi connectivity index (χ4n) is 6.27. The van der Waals surface area contributed by atoms with Gasteiger partial charge in [0.25, 0.3) is 0 Å². The van der Waals surface area contributed by atoms with Gasteiger partial charge >= 0.3 is 0 Å². The lowest BCUT2D eigenvalue weighted by Crippen LogP contribution is -2.25. The van der Waals surface area contributed by atoms with Crippen LogP contribution in [0.25, 0.3) is 44.5 Å². The van der Waals surface area contributed by atoms with Gasteiger partial charge in [0, 0.05) is 14.4 Å². The Kier molecular flexibility index (Phi) is 9.03. The van der Waals surface area contributed by atoms with E-state index in [1.807, 2.05) is 0 Å². The molecule has 6 aromatic rings. The molecule has 0 radical (unpaired) electrons. The number of benzene rings is 6. The first kappa shape index (κ1) is 30.3. The van der Waals surface area contributed by atoms with Gasteiger partial charge in [-0.25, -0.2) is 0 Å². The summed E-state index contributed by atoms with van der Waals surface area (Å²) in [6.07, 6.45) is 1.08. The Morgan fingerprint density at radius 2 is 0.591 bits per heavy atom. The van der Waals surface area contributed by atoms with Crippen molar-refractivity contribution >= 4 is 31.9 Å². The van der Waals surface area contributed by atoms with Crippen LogP contribution in [-0.2, 0) is 5.41 Å². The lowest BCUT2D eigenvalue weighted by atomic mass is 9.70. The van der Waals surface area contributed by atoms with E-state index < -0.39 is 0 Å². The van der Waals surface area contributed by atoms with Gasteiger partial charge in [0.2, 0.25) is 0 Å². The second kappa shape index (κ2) is 13.1. The zero-order valence-electron chi connectivity index (χ0n) is 25.4. The van der Waals surface area contributed by atoms with E-state index in [0.29, 0.717) is 5.92 Å². The first-order valence-corrected chi connectivity index (χ1v) is 16.8. The van der Waals surface area contributed by atoms with Crippen LogP contribution < -0.4 is 0 Å². The molecule has 218 valence electrons. The molecule has 44 heavy (non-hydrogen) atoms. The van der Waals surface area contributed by atoms with Gasteiger partial charge in [-0.05, 0) is 92.2 Å². The van der Waals surface area contributed by atoms with Crippen LogP contribution in [0.5, 0.6) is 0 Å². The van der Waals surface area contributed by atoms with Gasteiger partial charge in [0.1, 0.15) is 0 Å². The molecule has 0 aliphatic carbocycles. The van der Waals surface area contributed by atoms with Crippen LogP contribution >= 0.6 is 31.9 Å². The van der Waals surface area contributed by atoms with Crippen LogP contribution in [0.4, 0.5) is 0 Å². The van der Waals surface area contributed by atoms with Crippen molar-refractivity contribution in [3.63, 3.8) is 0 Å². The average Bonchev–Trinajstić information content (AvgIpc) is 3.05. The zero-order valence-corrected chi connectivity index (χ0v) is 28.6. The SMILES string of the molecule is CC(C)CC(C)(c1ccc(-c2ccc(-c3ccc(Br)cc3)cc2)cc1)c1ccc(-c2ccc(-c3ccc(Br)cc3)cc2)cc1. The average molecular weight is 701 g/mol. The van der Waals surface area contributed by atoms with Gasteiger partial charge in [-0.2, -0.15) is 0 Å². The van der Waals surface area contributed by atoms with Crippen LogP contribution in [-0.4, -0.2) is 0 Å². The highest BCUT2D eigenvalue weighted by molar-refractivity contribution is 9.10. The van der Waals surface area contributed by atoms with Crippen molar-refractivity contribution in [3.05, 3.63) is 166 Å². The van der Waals surface area contributed by atoms with Gasteiger partial charge in [0.15, 0.2) is 0 Å². The highest BCUT2D eigenvalue weighted by Crippen LogP contribution is 2.40. The highest BCUT2D eigenvalue weighted by atomic mass is 79.9. The zero-order chi connectivity index (χ0) is 30.7. The molecular weight excluding hydrogens is 664 g/mol. The maximum atomic E-state index is 3.53. The van der Waals surface area contributed by atoms with E-state index in [1.165, 1.54) is 55.6 Å². The van der Waals surface area contributed by atoms with E-state index in [-0.39, 0.29) is 5.41 Å². The van der Waals surface area contributed by atoms with Crippen LogP contribution in [0.3, 0.4) is 0 Å². The van der Waals surface area contributed by atoms with Crippen molar-refractivity contribution in [2.24, 2.45) is 5.92 Å². The fourth-order valence-corrected chi connectivity index (χ4v) is 6.80. The maximum absolute atomic E-state index is 3.53. The van der Waals surface area contributed by atoms with Crippen LogP contribution in [0.2, 0.25) is 0 Å². The lowest BCUT2D eigenvalue weighted by Gasteiger charge is -2.33. The molecule has 0 bridgehead atoms. The van der Waals surface area contributed by atoms with Gasteiger partial charge in [-0.3, -0.25) is 0 Å². The molecule has 0 saturated carbocycles. The number of hydrogen-bond acceptors (Lipinski definition) is 0. The van der Waals surface area contributed by atoms with Gasteiger partial charge in [-0.1, -0.05) is 174 Å². The summed E-state index contributed by atoms with van der Waals surface area (Å²) in [5.74, 6) is 0.566. The summed E-state index contributed by atoms with van der Waals surface area (Å²) >= 11 is 7.06. The number of rotatable bonds is 8. The summed E-state index contributed by atoms with van der Waals surface area (Å²) in [5.41, 5.74) is 12.5. The predicted molar refractivity (Wildman–Crippen MR) is 196 cm³/mol. The Hall–Kier alpha value is -3.72. The van der Waals surface area contributed by atoms with E-state index in [1.54, 1.807) is 0 Å². The second-order valence-electron chi connectivity index (χ2n) is 12.3. The monoisotopic (exact) mass is 698 g/mol. The summed E-state index contributed by atoms with van der Waals surface area (Å²) in [6.45, 7) is 7.04. The molecule has 0 aromatic heterocycles. The standard InChI is InChI=1S/C42H36Br2/c1-29(2)28-42(3,38-20-12-34(13-21-38)30-4-8-32(9-5-30)36-16-24-40(43)25-17-36)39-22-14-35(15-23-39)31-6-10-33(11-7-31)37-18-26-41(44)27-19-37/h4-27,29H,28H2,1-3H3. The molecule has 0 fully saturated rings. The molecule has 0 spiro atoms. The molecule has 0 atom stereocenters. The molecule has 0 N–H and O–H groups in total. The van der Waals surface area contributed by atoms with E-state index in [4.69, 9.17) is 0 Å². The molecule has 0 aliphatic heterocycles. The molecule has 2 heteroatoms. The molecule has 0 saturated heterocycles. The third kappa shape index (κ3) is 6.67. The van der Waals surface area contributed by atoms with Gasteiger partial charge in [-0.15, -0.1) is 0 Å². The fraction of sp³-hybridized carbons (Fsp3) is 0.143. The Labute approximate surface area is 279 Å². The molecule has 0 unspecified atom stereocenters. The molecule has 6 rings (SSSR count). The third-order valence-corrected chi connectivity index (χ3v) is 9.71. The number of halogens is 2. The van der Waals surface area contributed by atoms with Crippen LogP contribution in [0.1, 0.15) is 38.3 Å². The van der Waals surface area contributed by atoms with Crippen molar-refractivity contribution in [2.45, 2.75) is 32.6 Å². The smallest absolute Gasteiger partial charge is 0.0177 e. The molecule has 0 amide bonds. The predicted octanol–water partition coefficient (Wildman–Crippen LogP) is 13.2. The van der Waals surface area contributed by atoms with E-state index in [2.05, 4.69) is 198 Å².